The van der Waals surface area contributed by atoms with Crippen molar-refractivity contribution >= 4 is 11.6 Å². The standard InChI is InChI=1S/C27H23F2N3O2/c1-31-16-21(15-30-31)19-11-12-20(23(28)14-19)17-32-24-10-6-5-9-22(24)27(34,26(32)33)25(29)13-18-7-3-2-4-8-18/h2-12,14-16,25,34H,13,17H2,1H3. The van der Waals surface area contributed by atoms with Gasteiger partial charge in [0.25, 0.3) is 5.91 Å². The number of para-hydroxylation sites is 1. The van der Waals surface area contributed by atoms with Gasteiger partial charge in [-0.3, -0.25) is 9.48 Å². The molecule has 172 valence electrons. The van der Waals surface area contributed by atoms with E-state index in [2.05, 4.69) is 5.10 Å². The van der Waals surface area contributed by atoms with Gasteiger partial charge in [-0.2, -0.15) is 5.10 Å². The van der Waals surface area contributed by atoms with E-state index in [9.17, 15) is 9.90 Å². The molecule has 7 heteroatoms. The number of nitrogens with zero attached hydrogens (tertiary/aromatic N) is 3. The highest BCUT2D eigenvalue weighted by atomic mass is 19.1. The van der Waals surface area contributed by atoms with Crippen molar-refractivity contribution in [2.24, 2.45) is 7.05 Å². The molecule has 2 unspecified atom stereocenters. The SMILES string of the molecule is Cn1cc(-c2ccc(CN3C(=O)C(O)(C(F)Cc4ccccc4)c4ccccc43)c(F)c2)cn1. The Morgan fingerprint density at radius 3 is 2.47 bits per heavy atom. The summed E-state index contributed by atoms with van der Waals surface area (Å²) in [4.78, 5) is 14.7. The number of halogens is 2. The first kappa shape index (κ1) is 22.0. The molecule has 1 amide bonds. The molecule has 34 heavy (non-hydrogen) atoms. The van der Waals surface area contributed by atoms with Crippen LogP contribution in [0.5, 0.6) is 0 Å². The molecule has 0 radical (unpaired) electrons. The van der Waals surface area contributed by atoms with E-state index in [1.807, 2.05) is 6.07 Å². The van der Waals surface area contributed by atoms with Crippen LogP contribution in [0.4, 0.5) is 14.5 Å². The number of amides is 1. The van der Waals surface area contributed by atoms with Gasteiger partial charge < -0.3 is 10.0 Å². The number of alkyl halides is 1. The average Bonchev–Trinajstić information content (AvgIpc) is 3.37. The van der Waals surface area contributed by atoms with Gasteiger partial charge in [-0.15, -0.1) is 0 Å². The monoisotopic (exact) mass is 459 g/mol. The second-order valence-corrected chi connectivity index (χ2v) is 8.54. The largest absolute Gasteiger partial charge is 0.373 e. The van der Waals surface area contributed by atoms with Crippen LogP contribution in [-0.2, 0) is 30.4 Å². The molecule has 4 aromatic rings. The van der Waals surface area contributed by atoms with E-state index in [1.165, 1.54) is 11.0 Å². The summed E-state index contributed by atoms with van der Waals surface area (Å²) in [6.45, 7) is -0.130. The van der Waals surface area contributed by atoms with Crippen molar-refractivity contribution in [2.45, 2.75) is 24.7 Å². The molecule has 0 saturated heterocycles. The number of anilines is 1. The molecule has 5 nitrogen and oxygen atoms in total. The van der Waals surface area contributed by atoms with E-state index >= 15 is 8.78 Å². The molecule has 1 N–H and O–H groups in total. The fraction of sp³-hybridized carbons (Fsp3) is 0.185. The van der Waals surface area contributed by atoms with Gasteiger partial charge in [0.2, 0.25) is 5.60 Å². The van der Waals surface area contributed by atoms with E-state index in [4.69, 9.17) is 0 Å². The fourth-order valence-electron chi connectivity index (χ4n) is 4.49. The Bertz CT molecular complexity index is 1360. The molecular formula is C27H23F2N3O2. The van der Waals surface area contributed by atoms with E-state index in [0.29, 0.717) is 16.8 Å². The second-order valence-electron chi connectivity index (χ2n) is 8.54. The third-order valence-corrected chi connectivity index (χ3v) is 6.31. The first-order valence-corrected chi connectivity index (χ1v) is 11.0. The highest BCUT2D eigenvalue weighted by molar-refractivity contribution is 6.07. The summed E-state index contributed by atoms with van der Waals surface area (Å²) < 4.78 is 32.2. The number of benzene rings is 3. The summed E-state index contributed by atoms with van der Waals surface area (Å²) in [5.41, 5.74) is 0.579. The van der Waals surface area contributed by atoms with Crippen LogP contribution in [0, 0.1) is 5.82 Å². The lowest BCUT2D eigenvalue weighted by Crippen LogP contribution is -2.47. The molecule has 0 spiro atoms. The summed E-state index contributed by atoms with van der Waals surface area (Å²) in [6, 6.07) is 20.2. The van der Waals surface area contributed by atoms with Crippen molar-refractivity contribution in [1.82, 2.24) is 9.78 Å². The van der Waals surface area contributed by atoms with Crippen LogP contribution in [0.25, 0.3) is 11.1 Å². The molecule has 1 aliphatic rings. The van der Waals surface area contributed by atoms with Gasteiger partial charge in [-0.25, -0.2) is 8.78 Å². The molecule has 0 saturated carbocycles. The zero-order valence-corrected chi connectivity index (χ0v) is 18.5. The Labute approximate surface area is 195 Å². The second kappa shape index (κ2) is 8.50. The number of aromatic nitrogens is 2. The minimum Gasteiger partial charge on any atom is -0.373 e. The quantitative estimate of drug-likeness (QED) is 0.461. The molecule has 0 fully saturated rings. The van der Waals surface area contributed by atoms with E-state index in [-0.39, 0.29) is 24.1 Å². The molecule has 3 aromatic carbocycles. The lowest BCUT2D eigenvalue weighted by molar-refractivity contribution is -0.143. The fourth-order valence-corrected chi connectivity index (χ4v) is 4.49. The van der Waals surface area contributed by atoms with E-state index < -0.39 is 23.5 Å². The van der Waals surface area contributed by atoms with Gasteiger partial charge in [0.15, 0.2) is 0 Å². The predicted octanol–water partition coefficient (Wildman–Crippen LogP) is 4.54. The Kier molecular flexibility index (Phi) is 5.49. The smallest absolute Gasteiger partial charge is 0.267 e. The predicted molar refractivity (Wildman–Crippen MR) is 125 cm³/mol. The van der Waals surface area contributed by atoms with Crippen molar-refractivity contribution in [1.29, 1.82) is 0 Å². The molecule has 1 aromatic heterocycles. The van der Waals surface area contributed by atoms with Crippen LogP contribution >= 0.6 is 0 Å². The van der Waals surface area contributed by atoms with Crippen LogP contribution in [0.15, 0.2) is 85.2 Å². The van der Waals surface area contributed by atoms with Gasteiger partial charge in [0.05, 0.1) is 18.4 Å². The van der Waals surface area contributed by atoms with Crippen LogP contribution in [-0.4, -0.2) is 27.0 Å². The van der Waals surface area contributed by atoms with Gasteiger partial charge in [-0.05, 0) is 23.3 Å². The van der Waals surface area contributed by atoms with Gasteiger partial charge in [-0.1, -0.05) is 60.7 Å². The molecule has 2 atom stereocenters. The van der Waals surface area contributed by atoms with Gasteiger partial charge in [0, 0.05) is 36.4 Å². The summed E-state index contributed by atoms with van der Waals surface area (Å²) in [5, 5.41) is 15.5. The third kappa shape index (κ3) is 3.68. The third-order valence-electron chi connectivity index (χ3n) is 6.31. The number of rotatable bonds is 6. The number of carbonyl (C=O) groups is 1. The first-order chi connectivity index (χ1) is 16.4. The maximum Gasteiger partial charge on any atom is 0.267 e. The topological polar surface area (TPSA) is 58.4 Å². The van der Waals surface area contributed by atoms with Crippen molar-refractivity contribution in [3.05, 3.63) is 108 Å². The molecule has 1 aliphatic heterocycles. The van der Waals surface area contributed by atoms with Crippen molar-refractivity contribution < 1.29 is 18.7 Å². The van der Waals surface area contributed by atoms with E-state index in [1.54, 1.807) is 84.8 Å². The van der Waals surface area contributed by atoms with Crippen LogP contribution in [0.2, 0.25) is 0 Å². The van der Waals surface area contributed by atoms with Crippen LogP contribution in [0.1, 0.15) is 16.7 Å². The normalized spacial score (nSPS) is 18.2. The number of aliphatic hydroxyl groups is 1. The molecular weight excluding hydrogens is 436 g/mol. The van der Waals surface area contributed by atoms with Crippen LogP contribution < -0.4 is 4.90 Å². The minimum atomic E-state index is -2.35. The number of aryl methyl sites for hydroxylation is 1. The maximum atomic E-state index is 15.6. The lowest BCUT2D eigenvalue weighted by atomic mass is 9.87. The minimum absolute atomic E-state index is 0.126. The zero-order valence-electron chi connectivity index (χ0n) is 18.5. The highest BCUT2D eigenvalue weighted by Crippen LogP contribution is 2.45. The summed E-state index contributed by atoms with van der Waals surface area (Å²) in [5.74, 6) is -1.30. The highest BCUT2D eigenvalue weighted by Gasteiger charge is 2.55. The summed E-state index contributed by atoms with van der Waals surface area (Å²) >= 11 is 0. The Hall–Kier alpha value is -3.84. The molecule has 0 aliphatic carbocycles. The summed E-state index contributed by atoms with van der Waals surface area (Å²) in [7, 11) is 1.78. The molecule has 2 heterocycles. The zero-order chi connectivity index (χ0) is 23.9. The van der Waals surface area contributed by atoms with Crippen molar-refractivity contribution in [3.8, 4) is 11.1 Å². The van der Waals surface area contributed by atoms with Crippen LogP contribution in [0.3, 0.4) is 0 Å². The number of hydrogen-bond acceptors (Lipinski definition) is 3. The van der Waals surface area contributed by atoms with Gasteiger partial charge in [0.1, 0.15) is 12.0 Å². The molecule has 5 rings (SSSR count). The lowest BCUT2D eigenvalue weighted by Gasteiger charge is -2.27. The van der Waals surface area contributed by atoms with Gasteiger partial charge >= 0.3 is 0 Å². The van der Waals surface area contributed by atoms with E-state index in [0.717, 1.165) is 5.56 Å². The Morgan fingerprint density at radius 2 is 1.76 bits per heavy atom. The average molecular weight is 459 g/mol. The number of fused-ring (bicyclic) bond motifs is 1. The number of carbonyl (C=O) groups excluding carboxylic acids is 1. The maximum absolute atomic E-state index is 15.6. The number of hydrogen-bond donors (Lipinski definition) is 1. The van der Waals surface area contributed by atoms with Crippen molar-refractivity contribution in [2.75, 3.05) is 4.90 Å². The summed E-state index contributed by atoms with van der Waals surface area (Å²) in [6.07, 6.45) is 1.43. The molecule has 0 bridgehead atoms. The van der Waals surface area contributed by atoms with Crippen molar-refractivity contribution in [3.63, 3.8) is 0 Å². The Balaban J connectivity index is 1.45. The Morgan fingerprint density at radius 1 is 1.03 bits per heavy atom. The first-order valence-electron chi connectivity index (χ1n) is 11.0.